The fourth-order valence-corrected chi connectivity index (χ4v) is 1.88. The summed E-state index contributed by atoms with van der Waals surface area (Å²) in [6.07, 6.45) is 2.80. The highest BCUT2D eigenvalue weighted by Crippen LogP contribution is 2.07. The number of hydrogen-bond acceptors (Lipinski definition) is 3. The average molecular weight is 330 g/mol. The standard InChI is InChI=1S/C17H22N4O3/c18-16(19)14-9-7-13(8-10-14)5-1-3-11-20-17(24)21-12-4-2-6-15(22)23/h7-10H,1-3,5-6,11H2,(H3,18,19)(H,22,23)(H2,20,21,24). The molecule has 0 spiro atoms. The first-order valence-corrected chi connectivity index (χ1v) is 7.66. The number of rotatable bonds is 8. The van der Waals surface area contributed by atoms with Gasteiger partial charge in [0.1, 0.15) is 5.84 Å². The summed E-state index contributed by atoms with van der Waals surface area (Å²) in [5, 5.41) is 20.8. The Hall–Kier alpha value is -3.01. The van der Waals surface area contributed by atoms with Crippen LogP contribution in [0.15, 0.2) is 24.3 Å². The van der Waals surface area contributed by atoms with E-state index < -0.39 is 5.97 Å². The molecule has 0 radical (unpaired) electrons. The van der Waals surface area contributed by atoms with Gasteiger partial charge < -0.3 is 16.2 Å². The Morgan fingerprint density at radius 2 is 1.92 bits per heavy atom. The van der Waals surface area contributed by atoms with Gasteiger partial charge in [-0.15, -0.1) is 0 Å². The van der Waals surface area contributed by atoms with Crippen LogP contribution in [0.3, 0.4) is 0 Å². The topological polar surface area (TPSA) is 128 Å². The van der Waals surface area contributed by atoms with Gasteiger partial charge in [0, 0.05) is 24.6 Å². The van der Waals surface area contributed by atoms with Gasteiger partial charge in [-0.2, -0.15) is 0 Å². The van der Waals surface area contributed by atoms with Gasteiger partial charge in [0.25, 0.3) is 0 Å². The number of benzene rings is 1. The van der Waals surface area contributed by atoms with E-state index in [0.717, 1.165) is 24.8 Å². The highest BCUT2D eigenvalue weighted by molar-refractivity contribution is 5.94. The van der Waals surface area contributed by atoms with E-state index in [9.17, 15) is 9.59 Å². The van der Waals surface area contributed by atoms with E-state index in [1.807, 2.05) is 24.3 Å². The monoisotopic (exact) mass is 330 g/mol. The smallest absolute Gasteiger partial charge is 0.326 e. The molecule has 0 saturated carbocycles. The average Bonchev–Trinajstić information content (AvgIpc) is 2.54. The molecule has 1 aromatic carbocycles. The molecule has 1 aromatic rings. The van der Waals surface area contributed by atoms with Crippen LogP contribution in [-0.4, -0.2) is 29.5 Å². The largest absolute Gasteiger partial charge is 0.481 e. The van der Waals surface area contributed by atoms with Crippen molar-refractivity contribution < 1.29 is 14.7 Å². The zero-order valence-electron chi connectivity index (χ0n) is 13.4. The Morgan fingerprint density at radius 3 is 2.54 bits per heavy atom. The van der Waals surface area contributed by atoms with Crippen molar-refractivity contribution in [2.45, 2.75) is 32.1 Å². The van der Waals surface area contributed by atoms with Crippen molar-refractivity contribution in [3.8, 4) is 12.0 Å². The summed E-state index contributed by atoms with van der Waals surface area (Å²) in [5.41, 5.74) is 7.27. The van der Waals surface area contributed by atoms with Crippen molar-refractivity contribution in [2.75, 3.05) is 6.54 Å². The fourth-order valence-electron chi connectivity index (χ4n) is 1.88. The number of carboxylic acid groups (broad SMARTS) is 1. The van der Waals surface area contributed by atoms with Crippen LogP contribution in [-0.2, 0) is 11.2 Å². The van der Waals surface area contributed by atoms with Crippen LogP contribution in [0.25, 0.3) is 0 Å². The second-order valence-corrected chi connectivity index (χ2v) is 5.14. The lowest BCUT2D eigenvalue weighted by Crippen LogP contribution is -2.33. The SMILES string of the molecule is N=C(N)c1ccc(CCCCNC(=O)NC#CCCC(=O)O)cc1. The van der Waals surface area contributed by atoms with E-state index in [1.54, 1.807) is 0 Å². The van der Waals surface area contributed by atoms with Gasteiger partial charge >= 0.3 is 12.0 Å². The molecule has 0 atom stereocenters. The minimum Gasteiger partial charge on any atom is -0.481 e. The minimum atomic E-state index is -0.912. The first-order valence-electron chi connectivity index (χ1n) is 7.66. The molecule has 0 aromatic heterocycles. The molecule has 2 amide bonds. The number of carboxylic acids is 1. The Kier molecular flexibility index (Phi) is 8.47. The van der Waals surface area contributed by atoms with Crippen LogP contribution in [0.4, 0.5) is 4.79 Å². The van der Waals surface area contributed by atoms with Crippen molar-refractivity contribution in [2.24, 2.45) is 5.73 Å². The predicted molar refractivity (Wildman–Crippen MR) is 91.6 cm³/mol. The number of hydrogen-bond donors (Lipinski definition) is 5. The molecule has 0 aliphatic heterocycles. The van der Waals surface area contributed by atoms with Gasteiger partial charge in [0.05, 0.1) is 6.42 Å². The van der Waals surface area contributed by atoms with Crippen molar-refractivity contribution in [1.82, 2.24) is 10.6 Å². The lowest BCUT2D eigenvalue weighted by molar-refractivity contribution is -0.136. The summed E-state index contributed by atoms with van der Waals surface area (Å²) in [6.45, 7) is 0.536. The number of unbranched alkanes of at least 4 members (excludes halogenated alkanes) is 1. The molecule has 0 unspecified atom stereocenters. The first kappa shape index (κ1) is 19.0. The van der Waals surface area contributed by atoms with E-state index in [2.05, 4.69) is 22.6 Å². The lowest BCUT2D eigenvalue weighted by atomic mass is 10.1. The molecule has 24 heavy (non-hydrogen) atoms. The zero-order chi connectivity index (χ0) is 17.8. The predicted octanol–water partition coefficient (Wildman–Crippen LogP) is 1.42. The third-order valence-electron chi connectivity index (χ3n) is 3.17. The molecule has 0 aliphatic rings. The number of nitrogens with two attached hydrogens (primary N) is 1. The number of carbonyl (C=O) groups excluding carboxylic acids is 1. The highest BCUT2D eigenvalue weighted by atomic mass is 16.4. The number of carbonyl (C=O) groups is 2. The van der Waals surface area contributed by atoms with Gasteiger partial charge in [-0.3, -0.25) is 15.5 Å². The molecule has 7 heteroatoms. The molecule has 6 N–H and O–H groups in total. The zero-order valence-corrected chi connectivity index (χ0v) is 13.4. The van der Waals surface area contributed by atoms with E-state index in [1.165, 1.54) is 0 Å². The number of amides is 2. The van der Waals surface area contributed by atoms with Crippen LogP contribution in [0, 0.1) is 17.4 Å². The van der Waals surface area contributed by atoms with E-state index >= 15 is 0 Å². The molecule has 0 bridgehead atoms. The minimum absolute atomic E-state index is 0.0380. The van der Waals surface area contributed by atoms with Crippen LogP contribution in [0.5, 0.6) is 0 Å². The quantitative estimate of drug-likeness (QED) is 0.162. The first-order chi connectivity index (χ1) is 11.5. The lowest BCUT2D eigenvalue weighted by Gasteiger charge is -2.05. The van der Waals surface area contributed by atoms with Gasteiger partial charge in [-0.1, -0.05) is 30.2 Å². The maximum Gasteiger partial charge on any atom is 0.326 e. The summed E-state index contributed by atoms with van der Waals surface area (Å²) in [5.74, 6) is 1.70. The van der Waals surface area contributed by atoms with Crippen molar-refractivity contribution >= 4 is 17.8 Å². The number of nitrogen functional groups attached to an aromatic ring is 1. The second-order valence-electron chi connectivity index (χ2n) is 5.14. The summed E-state index contributed by atoms with van der Waals surface area (Å²) < 4.78 is 0. The van der Waals surface area contributed by atoms with Crippen molar-refractivity contribution in [1.29, 1.82) is 5.41 Å². The molecule has 0 fully saturated rings. The third-order valence-corrected chi connectivity index (χ3v) is 3.17. The van der Waals surface area contributed by atoms with Crippen LogP contribution in [0.1, 0.15) is 36.8 Å². The van der Waals surface area contributed by atoms with Crippen LogP contribution >= 0.6 is 0 Å². The number of urea groups is 1. The van der Waals surface area contributed by atoms with E-state index in [-0.39, 0.29) is 24.7 Å². The Bertz CT molecular complexity index is 629. The molecular weight excluding hydrogens is 308 g/mol. The number of aliphatic carboxylic acids is 1. The summed E-state index contributed by atoms with van der Waals surface area (Å²) in [6, 6.07) is 9.58. The fraction of sp³-hybridized carbons (Fsp3) is 0.353. The third kappa shape index (κ3) is 8.44. The molecule has 0 saturated heterocycles. The van der Waals surface area contributed by atoms with Gasteiger partial charge in [0.2, 0.25) is 0 Å². The number of amidine groups is 1. The van der Waals surface area contributed by atoms with Crippen LogP contribution < -0.4 is 16.4 Å². The summed E-state index contributed by atoms with van der Waals surface area (Å²) >= 11 is 0. The maximum atomic E-state index is 11.4. The highest BCUT2D eigenvalue weighted by Gasteiger charge is 1.99. The van der Waals surface area contributed by atoms with Crippen LogP contribution in [0.2, 0.25) is 0 Å². The summed E-state index contributed by atoms with van der Waals surface area (Å²) in [7, 11) is 0. The molecular formula is C17H22N4O3. The summed E-state index contributed by atoms with van der Waals surface area (Å²) in [4.78, 5) is 21.7. The second kappa shape index (κ2) is 10.7. The van der Waals surface area contributed by atoms with E-state index in [4.69, 9.17) is 16.2 Å². The van der Waals surface area contributed by atoms with Crippen molar-refractivity contribution in [3.63, 3.8) is 0 Å². The number of aryl methyl sites for hydroxylation is 1. The molecule has 128 valence electrons. The maximum absolute atomic E-state index is 11.4. The molecule has 1 rings (SSSR count). The van der Waals surface area contributed by atoms with Crippen molar-refractivity contribution in [3.05, 3.63) is 35.4 Å². The Balaban J connectivity index is 2.11. The number of nitrogens with one attached hydrogen (secondary N) is 3. The van der Waals surface area contributed by atoms with Gasteiger partial charge in [0.15, 0.2) is 0 Å². The van der Waals surface area contributed by atoms with E-state index in [0.29, 0.717) is 12.1 Å². The Morgan fingerprint density at radius 1 is 1.21 bits per heavy atom. The molecule has 0 heterocycles. The normalized spacial score (nSPS) is 9.50. The molecule has 7 nitrogen and oxygen atoms in total. The Labute approximate surface area is 141 Å². The molecule has 0 aliphatic carbocycles. The van der Waals surface area contributed by atoms with Gasteiger partial charge in [-0.05, 0) is 24.8 Å². The van der Waals surface area contributed by atoms with Gasteiger partial charge in [-0.25, -0.2) is 4.79 Å².